The lowest BCUT2D eigenvalue weighted by Gasteiger charge is -2.10. The van der Waals surface area contributed by atoms with Gasteiger partial charge in [-0.25, -0.2) is 4.39 Å². The van der Waals surface area contributed by atoms with Gasteiger partial charge in [0.2, 0.25) is 0 Å². The van der Waals surface area contributed by atoms with Crippen LogP contribution in [0, 0.1) is 5.82 Å². The molecule has 0 aliphatic carbocycles. The van der Waals surface area contributed by atoms with Gasteiger partial charge >= 0.3 is 0 Å². The molecule has 0 aliphatic rings. The van der Waals surface area contributed by atoms with Gasteiger partial charge in [0.05, 0.1) is 33.0 Å². The number of hydrogen-bond acceptors (Lipinski definition) is 1. The van der Waals surface area contributed by atoms with E-state index in [0.29, 0.717) is 5.52 Å². The van der Waals surface area contributed by atoms with Gasteiger partial charge in [0.15, 0.2) is 0 Å². The Kier molecular flexibility index (Phi) is 3.70. The number of aromatic amines is 1. The number of para-hydroxylation sites is 2. The summed E-state index contributed by atoms with van der Waals surface area (Å²) < 4.78 is 24.8. The summed E-state index contributed by atoms with van der Waals surface area (Å²) in [6.07, 6.45) is 0. The Morgan fingerprint density at radius 1 is 0.686 bits per heavy atom. The van der Waals surface area contributed by atoms with Crippen LogP contribution in [0.15, 0.2) is 99.9 Å². The summed E-state index contributed by atoms with van der Waals surface area (Å²) in [5.41, 5.74) is 6.05. The average Bonchev–Trinajstić information content (AvgIpc) is 3.54. The van der Waals surface area contributed by atoms with Crippen LogP contribution in [-0.4, -0.2) is 9.55 Å². The number of benzene rings is 5. The van der Waals surface area contributed by atoms with Crippen molar-refractivity contribution >= 4 is 81.5 Å². The van der Waals surface area contributed by atoms with E-state index >= 15 is 4.39 Å². The number of aromatic nitrogens is 2. The maximum atomic E-state index is 15.4. The number of hydrogen-bond donors (Lipinski definition) is 1. The van der Waals surface area contributed by atoms with Crippen molar-refractivity contribution < 1.29 is 8.81 Å². The fourth-order valence-corrected chi connectivity index (χ4v) is 6.26. The third-order valence-corrected chi connectivity index (χ3v) is 7.73. The first-order chi connectivity index (χ1) is 17.2. The predicted octanol–water partition coefficient (Wildman–Crippen LogP) is 9.22. The lowest BCUT2D eigenvalue weighted by Crippen LogP contribution is -1.96. The molecular formula is C30H16BrFN2O. The zero-order chi connectivity index (χ0) is 23.3. The molecule has 0 unspecified atom stereocenters. The highest BCUT2D eigenvalue weighted by atomic mass is 79.9. The van der Waals surface area contributed by atoms with Gasteiger partial charge < -0.3 is 14.0 Å². The number of furan rings is 1. The predicted molar refractivity (Wildman–Crippen MR) is 145 cm³/mol. The molecule has 0 fully saturated rings. The van der Waals surface area contributed by atoms with Crippen molar-refractivity contribution in [3.8, 4) is 5.69 Å². The Labute approximate surface area is 206 Å². The Hall–Kier alpha value is -4.09. The summed E-state index contributed by atoms with van der Waals surface area (Å²) in [4.78, 5) is 3.62. The molecule has 1 N–H and O–H groups in total. The third kappa shape index (κ3) is 2.43. The molecule has 0 aliphatic heterocycles. The van der Waals surface area contributed by atoms with Gasteiger partial charge in [0, 0.05) is 31.5 Å². The molecule has 166 valence electrons. The lowest BCUT2D eigenvalue weighted by molar-refractivity contribution is 0.635. The van der Waals surface area contributed by atoms with Gasteiger partial charge in [0.1, 0.15) is 17.0 Å². The van der Waals surface area contributed by atoms with Crippen molar-refractivity contribution in [3.05, 3.63) is 101 Å². The standard InChI is InChI=1S/C30H16BrFN2O/c31-19-8-4-10-21-26(19)18-14-15-25-28(29(18)33-21)27-23(12-5-13-24(27)35-25)34-22-11-2-1-6-16(22)17-7-3-9-20(32)30(17)34/h1-15,33H. The maximum absolute atomic E-state index is 15.4. The van der Waals surface area contributed by atoms with E-state index in [0.717, 1.165) is 70.2 Å². The Bertz CT molecular complexity index is 2150. The molecule has 0 spiro atoms. The van der Waals surface area contributed by atoms with Gasteiger partial charge in [-0.05, 0) is 48.5 Å². The fraction of sp³-hybridized carbons (Fsp3) is 0. The smallest absolute Gasteiger partial charge is 0.147 e. The first-order valence-corrected chi connectivity index (χ1v) is 12.2. The molecule has 3 nitrogen and oxygen atoms in total. The number of H-pyrrole nitrogens is 1. The Morgan fingerprint density at radius 2 is 1.49 bits per heavy atom. The summed E-state index contributed by atoms with van der Waals surface area (Å²) in [7, 11) is 0. The number of rotatable bonds is 1. The molecular weight excluding hydrogens is 503 g/mol. The van der Waals surface area contributed by atoms with Gasteiger partial charge in [0.25, 0.3) is 0 Å². The van der Waals surface area contributed by atoms with E-state index in [1.807, 2.05) is 59.2 Å². The number of nitrogens with one attached hydrogen (secondary N) is 1. The molecule has 0 radical (unpaired) electrons. The van der Waals surface area contributed by atoms with Gasteiger partial charge in [-0.15, -0.1) is 0 Å². The van der Waals surface area contributed by atoms with Crippen molar-refractivity contribution in [1.29, 1.82) is 0 Å². The van der Waals surface area contributed by atoms with E-state index in [1.54, 1.807) is 6.07 Å². The van der Waals surface area contributed by atoms with Gasteiger partial charge in [-0.3, -0.25) is 0 Å². The first kappa shape index (κ1) is 19.2. The second kappa shape index (κ2) is 6.74. The second-order valence-electron chi connectivity index (χ2n) is 8.89. The fourth-order valence-electron chi connectivity index (χ4n) is 5.68. The summed E-state index contributed by atoms with van der Waals surface area (Å²) in [5.74, 6) is -0.247. The van der Waals surface area contributed by atoms with Crippen LogP contribution in [0.25, 0.3) is 71.2 Å². The van der Waals surface area contributed by atoms with E-state index in [1.165, 1.54) is 6.07 Å². The molecule has 0 saturated heterocycles. The van der Waals surface area contributed by atoms with Crippen LogP contribution < -0.4 is 0 Å². The van der Waals surface area contributed by atoms with Crippen molar-refractivity contribution in [2.24, 2.45) is 0 Å². The monoisotopic (exact) mass is 518 g/mol. The van der Waals surface area contributed by atoms with Crippen LogP contribution in [-0.2, 0) is 0 Å². The van der Waals surface area contributed by atoms with Crippen LogP contribution >= 0.6 is 15.9 Å². The minimum atomic E-state index is -0.247. The molecule has 0 amide bonds. The zero-order valence-electron chi connectivity index (χ0n) is 18.3. The average molecular weight is 519 g/mol. The first-order valence-electron chi connectivity index (χ1n) is 11.4. The van der Waals surface area contributed by atoms with Crippen LogP contribution in [0.3, 0.4) is 0 Å². The molecule has 8 rings (SSSR count). The minimum Gasteiger partial charge on any atom is -0.456 e. The van der Waals surface area contributed by atoms with E-state index in [-0.39, 0.29) is 5.82 Å². The summed E-state index contributed by atoms with van der Waals surface area (Å²) in [6, 6.07) is 29.7. The Balaban J connectivity index is 1.63. The zero-order valence-corrected chi connectivity index (χ0v) is 19.9. The molecule has 3 aromatic heterocycles. The molecule has 8 aromatic rings. The number of halogens is 2. The van der Waals surface area contributed by atoms with Crippen LogP contribution in [0.1, 0.15) is 0 Å². The van der Waals surface area contributed by atoms with Crippen molar-refractivity contribution in [3.63, 3.8) is 0 Å². The molecule has 0 bridgehead atoms. The van der Waals surface area contributed by atoms with Crippen molar-refractivity contribution in [2.45, 2.75) is 0 Å². The van der Waals surface area contributed by atoms with Crippen LogP contribution in [0.4, 0.5) is 4.39 Å². The van der Waals surface area contributed by atoms with Crippen LogP contribution in [0.5, 0.6) is 0 Å². The summed E-state index contributed by atoms with van der Waals surface area (Å²) in [5, 5.41) is 6.13. The molecule has 0 saturated carbocycles. The quantitative estimate of drug-likeness (QED) is 0.231. The number of fused-ring (bicyclic) bond motifs is 10. The summed E-state index contributed by atoms with van der Waals surface area (Å²) in [6.45, 7) is 0. The normalized spacial score (nSPS) is 12.3. The SMILES string of the molecule is Fc1cccc2c3ccccc3n(-c3cccc4oc5ccc6c([nH]c7cccc(Br)c76)c5c34)c12. The topological polar surface area (TPSA) is 33.9 Å². The molecule has 0 atom stereocenters. The van der Waals surface area contributed by atoms with E-state index in [9.17, 15) is 0 Å². The van der Waals surface area contributed by atoms with Crippen molar-refractivity contribution in [2.75, 3.05) is 0 Å². The molecule has 3 heterocycles. The van der Waals surface area contributed by atoms with Gasteiger partial charge in [-0.1, -0.05) is 58.4 Å². The minimum absolute atomic E-state index is 0.247. The number of nitrogens with zero attached hydrogens (tertiary/aromatic N) is 1. The molecule has 5 heteroatoms. The second-order valence-corrected chi connectivity index (χ2v) is 9.74. The van der Waals surface area contributed by atoms with Crippen molar-refractivity contribution in [1.82, 2.24) is 9.55 Å². The molecule has 5 aromatic carbocycles. The van der Waals surface area contributed by atoms with Crippen LogP contribution in [0.2, 0.25) is 0 Å². The lowest BCUT2D eigenvalue weighted by atomic mass is 10.1. The van der Waals surface area contributed by atoms with E-state index < -0.39 is 0 Å². The van der Waals surface area contributed by atoms with Gasteiger partial charge in [-0.2, -0.15) is 0 Å². The Morgan fingerprint density at radius 3 is 2.43 bits per heavy atom. The largest absolute Gasteiger partial charge is 0.456 e. The van der Waals surface area contributed by atoms with E-state index in [4.69, 9.17) is 4.42 Å². The third-order valence-electron chi connectivity index (χ3n) is 7.07. The highest BCUT2D eigenvalue weighted by Gasteiger charge is 2.21. The van der Waals surface area contributed by atoms with E-state index in [2.05, 4.69) is 45.2 Å². The highest BCUT2D eigenvalue weighted by molar-refractivity contribution is 9.10. The highest BCUT2D eigenvalue weighted by Crippen LogP contribution is 2.43. The maximum Gasteiger partial charge on any atom is 0.147 e. The molecule has 35 heavy (non-hydrogen) atoms. The summed E-state index contributed by atoms with van der Waals surface area (Å²) >= 11 is 3.72.